The van der Waals surface area contributed by atoms with Gasteiger partial charge in [0.1, 0.15) is 24.1 Å². The number of nitrogen functional groups attached to an aromatic ring is 1. The van der Waals surface area contributed by atoms with E-state index in [1.54, 1.807) is 0 Å². The quantitative estimate of drug-likeness (QED) is 0.211. The van der Waals surface area contributed by atoms with E-state index in [-0.39, 0.29) is 11.7 Å². The van der Waals surface area contributed by atoms with E-state index in [1.807, 2.05) is 0 Å². The number of hydrogen-bond donors (Lipinski definition) is 6. The van der Waals surface area contributed by atoms with E-state index in [2.05, 4.69) is 25.6 Å². The Hall–Kier alpha value is -2.87. The molecule has 0 aromatic carbocycles. The average molecular weight is 451 g/mol. The molecular weight excluding hydrogens is 420 g/mol. The van der Waals surface area contributed by atoms with Crippen molar-refractivity contribution in [3.05, 3.63) is 12.7 Å². The van der Waals surface area contributed by atoms with Crippen molar-refractivity contribution in [3.8, 4) is 0 Å². The van der Waals surface area contributed by atoms with Crippen LogP contribution in [0.25, 0.3) is 11.2 Å². The smallest absolute Gasteiger partial charge is 0.252 e. The van der Waals surface area contributed by atoms with Crippen LogP contribution in [0.3, 0.4) is 0 Å². The Morgan fingerprint density at radius 1 is 1.06 bits per heavy atom. The van der Waals surface area contributed by atoms with Gasteiger partial charge in [-0.3, -0.25) is 14.2 Å². The minimum atomic E-state index is -1.42. The van der Waals surface area contributed by atoms with Crippen LogP contribution in [0.2, 0.25) is 0 Å². The number of nitrogens with zero attached hydrogens (tertiary/aromatic N) is 4. The zero-order chi connectivity index (χ0) is 23.1. The average Bonchev–Trinajstić information content (AvgIpc) is 3.33. The molecule has 8 N–H and O–H groups in total. The number of carbonyl (C=O) groups excluding carboxylic acids is 2. The molecule has 1 saturated heterocycles. The second-order valence-corrected chi connectivity index (χ2v) is 7.61. The molecule has 0 aliphatic carbocycles. The molecule has 0 saturated carbocycles. The number of aliphatic hydroxyl groups is 2. The van der Waals surface area contributed by atoms with Gasteiger partial charge in [0.2, 0.25) is 5.91 Å². The van der Waals surface area contributed by atoms with Crippen LogP contribution >= 0.6 is 0 Å². The molecule has 13 nitrogen and oxygen atoms in total. The van der Waals surface area contributed by atoms with Crippen molar-refractivity contribution in [2.45, 2.75) is 56.6 Å². The molecule has 1 fully saturated rings. The standard InChI is InChI=1S/C19H30N8O5/c20-6-4-8-22-11(28)5-2-1-3-7-23-18(31)15-13(29)14(30)19(32-15)27-10-26-12-16(21)24-9-25-17(12)27/h9-10,13-15,19,29-30H,1-8,20H2,(H,22,28)(H,23,31)(H2,21,24,25)/t13-,14+,15-,19+/m0/s1. The highest BCUT2D eigenvalue weighted by Crippen LogP contribution is 2.32. The number of imidazole rings is 1. The third-order valence-electron chi connectivity index (χ3n) is 5.24. The van der Waals surface area contributed by atoms with Crippen LogP contribution in [0.4, 0.5) is 5.82 Å². The zero-order valence-electron chi connectivity index (χ0n) is 17.7. The molecule has 0 spiro atoms. The zero-order valence-corrected chi connectivity index (χ0v) is 17.7. The summed E-state index contributed by atoms with van der Waals surface area (Å²) in [5.41, 5.74) is 11.8. The number of nitrogens with two attached hydrogens (primary N) is 2. The molecule has 32 heavy (non-hydrogen) atoms. The van der Waals surface area contributed by atoms with Crippen molar-refractivity contribution < 1.29 is 24.5 Å². The summed E-state index contributed by atoms with van der Waals surface area (Å²) in [5.74, 6) is -0.370. The summed E-state index contributed by atoms with van der Waals surface area (Å²) in [6.07, 6.45) is 0.816. The predicted molar refractivity (Wildman–Crippen MR) is 114 cm³/mol. The van der Waals surface area contributed by atoms with Crippen LogP contribution in [0.5, 0.6) is 0 Å². The minimum Gasteiger partial charge on any atom is -0.387 e. The molecule has 0 unspecified atom stereocenters. The van der Waals surface area contributed by atoms with Gasteiger partial charge in [-0.05, 0) is 25.8 Å². The summed E-state index contributed by atoms with van der Waals surface area (Å²) in [4.78, 5) is 36.1. The first-order valence-electron chi connectivity index (χ1n) is 10.6. The minimum absolute atomic E-state index is 0.0101. The first-order valence-corrected chi connectivity index (χ1v) is 10.6. The molecule has 2 amide bonds. The number of amides is 2. The van der Waals surface area contributed by atoms with E-state index in [9.17, 15) is 19.8 Å². The first-order chi connectivity index (χ1) is 15.4. The van der Waals surface area contributed by atoms with Gasteiger partial charge >= 0.3 is 0 Å². The van der Waals surface area contributed by atoms with Gasteiger partial charge in [-0.1, -0.05) is 6.42 Å². The second-order valence-electron chi connectivity index (χ2n) is 7.61. The molecule has 2 aromatic heterocycles. The number of rotatable bonds is 11. The summed E-state index contributed by atoms with van der Waals surface area (Å²) in [6.45, 7) is 1.48. The van der Waals surface area contributed by atoms with Gasteiger partial charge in [-0.2, -0.15) is 0 Å². The maximum atomic E-state index is 12.5. The molecular formula is C19H30N8O5. The number of anilines is 1. The highest BCUT2D eigenvalue weighted by Gasteiger charge is 2.47. The highest BCUT2D eigenvalue weighted by molar-refractivity contribution is 5.82. The van der Waals surface area contributed by atoms with Crippen LogP contribution in [-0.4, -0.2) is 79.5 Å². The number of carbonyl (C=O) groups is 2. The summed E-state index contributed by atoms with van der Waals surface area (Å²) >= 11 is 0. The van der Waals surface area contributed by atoms with Crippen LogP contribution in [0.15, 0.2) is 12.7 Å². The second kappa shape index (κ2) is 11.1. The van der Waals surface area contributed by atoms with Crippen molar-refractivity contribution in [1.82, 2.24) is 30.2 Å². The lowest BCUT2D eigenvalue weighted by Crippen LogP contribution is -2.43. The number of aliphatic hydroxyl groups excluding tert-OH is 2. The van der Waals surface area contributed by atoms with Crippen LogP contribution in [0, 0.1) is 0 Å². The summed E-state index contributed by atoms with van der Waals surface area (Å²) in [7, 11) is 0. The molecule has 0 radical (unpaired) electrons. The fraction of sp³-hybridized carbons (Fsp3) is 0.632. The molecule has 4 atom stereocenters. The van der Waals surface area contributed by atoms with Gasteiger partial charge in [0.25, 0.3) is 5.91 Å². The number of nitrogens with one attached hydrogen (secondary N) is 2. The van der Waals surface area contributed by atoms with E-state index >= 15 is 0 Å². The molecule has 2 aromatic rings. The number of hydrogen-bond acceptors (Lipinski definition) is 10. The Balaban J connectivity index is 1.44. The Morgan fingerprint density at radius 3 is 2.62 bits per heavy atom. The first kappa shape index (κ1) is 23.8. The van der Waals surface area contributed by atoms with Gasteiger partial charge in [-0.15, -0.1) is 0 Å². The van der Waals surface area contributed by atoms with Gasteiger partial charge < -0.3 is 37.1 Å². The van der Waals surface area contributed by atoms with E-state index < -0.39 is 30.4 Å². The maximum Gasteiger partial charge on any atom is 0.252 e. The van der Waals surface area contributed by atoms with Gasteiger partial charge in [0.05, 0.1) is 6.33 Å². The molecule has 1 aliphatic rings. The van der Waals surface area contributed by atoms with Crippen molar-refractivity contribution in [2.24, 2.45) is 5.73 Å². The van der Waals surface area contributed by atoms with Gasteiger partial charge in [0, 0.05) is 19.5 Å². The lowest BCUT2D eigenvalue weighted by atomic mass is 10.1. The van der Waals surface area contributed by atoms with Gasteiger partial charge in [0.15, 0.2) is 23.8 Å². The topological polar surface area (TPSA) is 204 Å². The Labute approximate surface area is 184 Å². The molecule has 176 valence electrons. The fourth-order valence-electron chi connectivity index (χ4n) is 3.48. The van der Waals surface area contributed by atoms with Crippen molar-refractivity contribution in [2.75, 3.05) is 25.4 Å². The van der Waals surface area contributed by atoms with E-state index in [1.165, 1.54) is 17.2 Å². The SMILES string of the molecule is NCCCNC(=O)CCCCCNC(=O)[C@H]1O[C@@H](n2cnc3c(N)ncnc32)[C@H](O)[C@@H]1O. The largest absolute Gasteiger partial charge is 0.387 e. The van der Waals surface area contributed by atoms with E-state index in [4.69, 9.17) is 16.2 Å². The predicted octanol–water partition coefficient (Wildman–Crippen LogP) is -1.83. The van der Waals surface area contributed by atoms with Crippen LogP contribution in [0.1, 0.15) is 38.3 Å². The third-order valence-corrected chi connectivity index (χ3v) is 5.24. The normalized spacial score (nSPS) is 22.8. The third kappa shape index (κ3) is 5.48. The number of unbranched alkanes of at least 4 members (excludes halogenated alkanes) is 2. The number of aromatic nitrogens is 4. The summed E-state index contributed by atoms with van der Waals surface area (Å²) in [5, 5.41) is 26.2. The maximum absolute atomic E-state index is 12.5. The fourth-order valence-corrected chi connectivity index (χ4v) is 3.48. The molecule has 13 heteroatoms. The van der Waals surface area contributed by atoms with Gasteiger partial charge in [-0.25, -0.2) is 15.0 Å². The molecule has 3 rings (SSSR count). The highest BCUT2D eigenvalue weighted by atomic mass is 16.6. The Bertz CT molecular complexity index is 922. The van der Waals surface area contributed by atoms with Crippen molar-refractivity contribution in [1.29, 1.82) is 0 Å². The lowest BCUT2D eigenvalue weighted by Gasteiger charge is -2.16. The monoisotopic (exact) mass is 450 g/mol. The van der Waals surface area contributed by atoms with E-state index in [0.717, 1.165) is 12.8 Å². The molecule has 0 bridgehead atoms. The van der Waals surface area contributed by atoms with Crippen molar-refractivity contribution in [3.63, 3.8) is 0 Å². The Morgan fingerprint density at radius 2 is 1.84 bits per heavy atom. The van der Waals surface area contributed by atoms with Crippen LogP contribution in [-0.2, 0) is 14.3 Å². The molecule has 3 heterocycles. The van der Waals surface area contributed by atoms with Crippen LogP contribution < -0.4 is 22.1 Å². The van der Waals surface area contributed by atoms with E-state index in [0.29, 0.717) is 50.1 Å². The Kier molecular flexibility index (Phi) is 8.27. The summed E-state index contributed by atoms with van der Waals surface area (Å²) in [6, 6.07) is 0. The van der Waals surface area contributed by atoms with Crippen molar-refractivity contribution >= 4 is 28.8 Å². The number of ether oxygens (including phenoxy) is 1. The summed E-state index contributed by atoms with van der Waals surface area (Å²) < 4.78 is 7.05. The number of fused-ring (bicyclic) bond motifs is 1. The lowest BCUT2D eigenvalue weighted by molar-refractivity contribution is -0.137. The molecule has 1 aliphatic heterocycles.